The van der Waals surface area contributed by atoms with Gasteiger partial charge in [0.05, 0.1) is 30.3 Å². The van der Waals surface area contributed by atoms with Crippen LogP contribution in [0.2, 0.25) is 0 Å². The quantitative estimate of drug-likeness (QED) is 0.144. The second kappa shape index (κ2) is 12.9. The minimum atomic E-state index is -0.838. The van der Waals surface area contributed by atoms with Crippen LogP contribution in [0.25, 0.3) is 28.2 Å². The Hall–Kier alpha value is -4.79. The minimum Gasteiger partial charge on any atom is -0.495 e. The number of para-hydroxylation sites is 3. The monoisotopic (exact) mass is 625 g/mol. The van der Waals surface area contributed by atoms with Crippen LogP contribution in [0.4, 0.5) is 0 Å². The van der Waals surface area contributed by atoms with Gasteiger partial charge in [-0.15, -0.1) is 0 Å². The highest BCUT2D eigenvalue weighted by Crippen LogP contribution is 2.39. The topological polar surface area (TPSA) is 109 Å². The van der Waals surface area contributed by atoms with Gasteiger partial charge in [0.15, 0.2) is 5.82 Å². The number of methoxy groups -OCH3 is 1. The van der Waals surface area contributed by atoms with Gasteiger partial charge in [0.25, 0.3) is 5.56 Å². The fourth-order valence-corrected chi connectivity index (χ4v) is 5.49. The van der Waals surface area contributed by atoms with Gasteiger partial charge in [-0.05, 0) is 66.0 Å². The number of oxazole rings is 1. The lowest BCUT2D eigenvalue weighted by molar-refractivity contribution is 0.291. The van der Waals surface area contributed by atoms with E-state index < -0.39 is 11.6 Å². The van der Waals surface area contributed by atoms with E-state index in [1.54, 1.807) is 48.5 Å². The van der Waals surface area contributed by atoms with Crippen molar-refractivity contribution in [3.8, 4) is 34.7 Å². The van der Waals surface area contributed by atoms with Crippen molar-refractivity contribution in [1.29, 1.82) is 0 Å². The van der Waals surface area contributed by atoms with E-state index in [2.05, 4.69) is 64.7 Å². The summed E-state index contributed by atoms with van der Waals surface area (Å²) in [5.41, 5.74) is 2.79. The molecular weight excluding hydrogens is 582 g/mol. The van der Waals surface area contributed by atoms with E-state index in [-0.39, 0.29) is 34.5 Å². The maximum Gasteiger partial charge on any atom is 0.427 e. The van der Waals surface area contributed by atoms with Gasteiger partial charge in [0.2, 0.25) is 11.6 Å². The Kier molecular flexibility index (Phi) is 9.15. The zero-order valence-corrected chi connectivity index (χ0v) is 27.7. The number of hydrogen-bond acceptors (Lipinski definition) is 7. The normalized spacial score (nSPS) is 12.1. The van der Waals surface area contributed by atoms with Gasteiger partial charge in [0.1, 0.15) is 11.5 Å². The van der Waals surface area contributed by atoms with Gasteiger partial charge in [-0.1, -0.05) is 77.9 Å². The second-order valence-corrected chi connectivity index (χ2v) is 12.8. The van der Waals surface area contributed by atoms with E-state index in [0.717, 1.165) is 28.7 Å². The molecule has 0 unspecified atom stereocenters. The number of rotatable bonds is 12. The van der Waals surface area contributed by atoms with Crippen LogP contribution >= 0.6 is 0 Å². The Morgan fingerprint density at radius 3 is 2.30 bits per heavy atom. The molecule has 0 aliphatic heterocycles. The Labute approximate surface area is 269 Å². The van der Waals surface area contributed by atoms with Crippen LogP contribution in [-0.2, 0) is 17.4 Å². The van der Waals surface area contributed by atoms with Crippen LogP contribution in [0.5, 0.6) is 17.4 Å². The van der Waals surface area contributed by atoms with E-state index in [1.165, 1.54) is 17.2 Å². The van der Waals surface area contributed by atoms with Crippen molar-refractivity contribution >= 4 is 10.9 Å². The summed E-state index contributed by atoms with van der Waals surface area (Å²) in [6, 6.07) is 20.2. The number of benzene rings is 3. The van der Waals surface area contributed by atoms with E-state index in [1.807, 2.05) is 0 Å². The summed E-state index contributed by atoms with van der Waals surface area (Å²) in [7, 11) is 1.47. The lowest BCUT2D eigenvalue weighted by Gasteiger charge is -2.30. The van der Waals surface area contributed by atoms with Crippen molar-refractivity contribution in [2.24, 2.45) is 0 Å². The molecule has 5 rings (SSSR count). The Morgan fingerprint density at radius 1 is 0.891 bits per heavy atom. The first kappa shape index (κ1) is 32.6. The highest BCUT2D eigenvalue weighted by Gasteiger charge is 2.28. The lowest BCUT2D eigenvalue weighted by atomic mass is 9.76. The molecule has 242 valence electrons. The summed E-state index contributed by atoms with van der Waals surface area (Å²) >= 11 is 0. The average molecular weight is 626 g/mol. The summed E-state index contributed by atoms with van der Waals surface area (Å²) < 4.78 is 19.8. The van der Waals surface area contributed by atoms with E-state index in [0.29, 0.717) is 35.4 Å². The molecule has 0 saturated carbocycles. The molecule has 9 nitrogen and oxygen atoms in total. The van der Waals surface area contributed by atoms with Gasteiger partial charge in [-0.25, -0.2) is 14.3 Å². The first-order chi connectivity index (χ1) is 21.9. The summed E-state index contributed by atoms with van der Waals surface area (Å²) in [6.07, 6.45) is 2.43. The van der Waals surface area contributed by atoms with Gasteiger partial charge in [-0.2, -0.15) is 0 Å². The molecule has 0 radical (unpaired) electrons. The summed E-state index contributed by atoms with van der Waals surface area (Å²) in [5.74, 6) is -0.292. The average Bonchev–Trinajstić information content (AvgIpc) is 3.36. The molecule has 0 fully saturated rings. The van der Waals surface area contributed by atoms with Crippen LogP contribution in [0, 0.1) is 0 Å². The smallest absolute Gasteiger partial charge is 0.427 e. The third kappa shape index (κ3) is 6.06. The molecule has 0 bridgehead atoms. The highest BCUT2D eigenvalue weighted by atomic mass is 16.5. The summed E-state index contributed by atoms with van der Waals surface area (Å²) in [5, 5.41) is 11.7. The number of ether oxygens (including phenoxy) is 2. The summed E-state index contributed by atoms with van der Waals surface area (Å²) in [6.45, 7) is 13.9. The number of aromatic hydroxyl groups is 1. The third-order valence-electron chi connectivity index (χ3n) is 9.22. The van der Waals surface area contributed by atoms with Crippen molar-refractivity contribution < 1.29 is 19.0 Å². The lowest BCUT2D eigenvalue weighted by Crippen LogP contribution is -2.25. The van der Waals surface area contributed by atoms with Gasteiger partial charge in [0, 0.05) is 12.1 Å². The molecule has 2 aromatic heterocycles. The van der Waals surface area contributed by atoms with E-state index in [9.17, 15) is 14.7 Å². The molecular formula is C37H43N3O6. The number of fused-ring (bicyclic) bond motifs is 1. The van der Waals surface area contributed by atoms with Gasteiger partial charge < -0.3 is 19.0 Å². The van der Waals surface area contributed by atoms with Crippen LogP contribution in [0.1, 0.15) is 71.9 Å². The molecule has 0 aliphatic rings. The van der Waals surface area contributed by atoms with E-state index in [4.69, 9.17) is 13.9 Å². The van der Waals surface area contributed by atoms with Crippen molar-refractivity contribution in [3.05, 3.63) is 98.8 Å². The molecule has 0 saturated heterocycles. The Bertz CT molecular complexity index is 1980. The van der Waals surface area contributed by atoms with Crippen molar-refractivity contribution in [2.45, 2.75) is 78.2 Å². The van der Waals surface area contributed by atoms with Crippen LogP contribution < -0.4 is 20.8 Å². The van der Waals surface area contributed by atoms with Crippen LogP contribution in [0.15, 0.2) is 80.7 Å². The largest absolute Gasteiger partial charge is 0.495 e. The zero-order valence-electron chi connectivity index (χ0n) is 27.7. The molecule has 0 aliphatic carbocycles. The fourth-order valence-electron chi connectivity index (χ4n) is 5.49. The molecule has 46 heavy (non-hydrogen) atoms. The Balaban J connectivity index is 1.50. The zero-order chi connectivity index (χ0) is 33.2. The fraction of sp³-hybridized carbons (Fsp3) is 0.378. The Morgan fingerprint density at radius 2 is 1.59 bits per heavy atom. The molecule has 0 amide bonds. The number of nitrogens with zero attached hydrogens (tertiary/aromatic N) is 3. The van der Waals surface area contributed by atoms with Crippen molar-refractivity contribution in [2.75, 3.05) is 13.7 Å². The molecule has 1 N–H and O–H groups in total. The molecule has 0 atom stereocenters. The maximum absolute atomic E-state index is 13.8. The van der Waals surface area contributed by atoms with Crippen molar-refractivity contribution in [3.63, 3.8) is 0 Å². The number of hydrogen-bond donors (Lipinski definition) is 1. The van der Waals surface area contributed by atoms with E-state index >= 15 is 0 Å². The van der Waals surface area contributed by atoms with Gasteiger partial charge >= 0.3 is 5.76 Å². The standard InChI is InChI=1S/C37H43N3O6/c1-8-36(3,4)24-19-20-29(26(23-24)37(5,6)9-2)45-22-14-21-39-32(38-27-16-11-10-15-25(27)33(39)41)31-34(42)40(35(43)46-31)28-17-12-13-18-30(28)44-7/h10-13,15-20,23,42H,8-9,14,21-22H2,1-7H3. The highest BCUT2D eigenvalue weighted by molar-refractivity contribution is 5.79. The van der Waals surface area contributed by atoms with Crippen LogP contribution in [0.3, 0.4) is 0 Å². The molecule has 0 spiro atoms. The van der Waals surface area contributed by atoms with Crippen LogP contribution in [-0.4, -0.2) is 32.9 Å². The SMILES string of the molecule is CCC(C)(C)c1ccc(OCCCn2c(-c3oc(=O)n(-c4ccccc4OC)c3O)nc3ccccc3c2=O)c(C(C)(C)CC)c1. The van der Waals surface area contributed by atoms with Crippen molar-refractivity contribution in [1.82, 2.24) is 14.1 Å². The summed E-state index contributed by atoms with van der Waals surface area (Å²) in [4.78, 5) is 31.5. The predicted octanol–water partition coefficient (Wildman–Crippen LogP) is 7.37. The molecule has 3 aromatic carbocycles. The first-order valence-electron chi connectivity index (χ1n) is 15.8. The maximum atomic E-state index is 13.8. The minimum absolute atomic E-state index is 0.0446. The number of aromatic nitrogens is 3. The second-order valence-electron chi connectivity index (χ2n) is 12.8. The molecule has 9 heteroatoms. The molecule has 2 heterocycles. The molecule has 5 aromatic rings. The first-order valence-corrected chi connectivity index (χ1v) is 15.8. The third-order valence-corrected chi connectivity index (χ3v) is 9.22. The predicted molar refractivity (Wildman–Crippen MR) is 181 cm³/mol. The van der Waals surface area contributed by atoms with Gasteiger partial charge in [-0.3, -0.25) is 9.36 Å².